The lowest BCUT2D eigenvalue weighted by molar-refractivity contribution is 0.125. The molecule has 1 N–H and O–H groups in total. The van der Waals surface area contributed by atoms with Gasteiger partial charge in [-0.2, -0.15) is 0 Å². The summed E-state index contributed by atoms with van der Waals surface area (Å²) in [6.45, 7) is 15.1. The molecule has 0 radical (unpaired) electrons. The van der Waals surface area contributed by atoms with Crippen molar-refractivity contribution < 1.29 is 4.74 Å². The van der Waals surface area contributed by atoms with Gasteiger partial charge in [-0.15, -0.1) is 0 Å². The molecule has 0 spiro atoms. The van der Waals surface area contributed by atoms with Crippen molar-refractivity contribution in [3.8, 4) is 0 Å². The van der Waals surface area contributed by atoms with Crippen LogP contribution in [0.15, 0.2) is 24.3 Å². The summed E-state index contributed by atoms with van der Waals surface area (Å²) in [5.41, 5.74) is 1.36. The Morgan fingerprint density at radius 2 is 1.70 bits per heavy atom. The zero-order valence-electron chi connectivity index (χ0n) is 13.8. The minimum atomic E-state index is -1.16. The molecule has 1 rings (SSSR count). The van der Waals surface area contributed by atoms with E-state index in [0.29, 0.717) is 0 Å². The molecule has 1 aromatic rings. The van der Waals surface area contributed by atoms with Crippen LogP contribution in [0.5, 0.6) is 0 Å². The van der Waals surface area contributed by atoms with Gasteiger partial charge in [0, 0.05) is 19.7 Å². The van der Waals surface area contributed by atoms with Crippen molar-refractivity contribution in [1.82, 2.24) is 5.32 Å². The van der Waals surface area contributed by atoms with E-state index in [2.05, 4.69) is 63.1 Å². The van der Waals surface area contributed by atoms with Crippen molar-refractivity contribution >= 4 is 13.3 Å². The first-order chi connectivity index (χ1) is 9.39. The van der Waals surface area contributed by atoms with Crippen LogP contribution in [0.2, 0.25) is 19.6 Å². The molecular formula is C17H31NOSi. The van der Waals surface area contributed by atoms with Crippen LogP contribution in [0.25, 0.3) is 0 Å². The van der Waals surface area contributed by atoms with Crippen LogP contribution < -0.4 is 10.5 Å². The van der Waals surface area contributed by atoms with E-state index in [4.69, 9.17) is 4.74 Å². The number of benzene rings is 1. The normalized spacial score (nSPS) is 12.1. The number of ether oxygens (including phenoxy) is 1. The molecule has 0 amide bonds. The van der Waals surface area contributed by atoms with Crippen molar-refractivity contribution in [3.05, 3.63) is 29.8 Å². The van der Waals surface area contributed by atoms with Crippen LogP contribution in [-0.2, 0) is 11.3 Å². The molecule has 0 aliphatic heterocycles. The summed E-state index contributed by atoms with van der Waals surface area (Å²) in [4.78, 5) is 0. The summed E-state index contributed by atoms with van der Waals surface area (Å²) in [7, 11) is -1.16. The van der Waals surface area contributed by atoms with Gasteiger partial charge in [0.05, 0.1) is 14.7 Å². The van der Waals surface area contributed by atoms with Crippen molar-refractivity contribution in [2.24, 2.45) is 5.92 Å². The summed E-state index contributed by atoms with van der Waals surface area (Å²) in [5, 5.41) is 4.96. The fourth-order valence-corrected chi connectivity index (χ4v) is 3.09. The van der Waals surface area contributed by atoms with Gasteiger partial charge >= 0.3 is 0 Å². The zero-order valence-corrected chi connectivity index (χ0v) is 14.8. The second-order valence-electron chi connectivity index (χ2n) is 6.92. The zero-order chi connectivity index (χ0) is 15.0. The second-order valence-corrected chi connectivity index (χ2v) is 12.0. The predicted molar refractivity (Wildman–Crippen MR) is 91.4 cm³/mol. The van der Waals surface area contributed by atoms with Gasteiger partial charge in [-0.25, -0.2) is 0 Å². The molecule has 0 bridgehead atoms. The first kappa shape index (κ1) is 17.4. The van der Waals surface area contributed by atoms with Gasteiger partial charge in [0.25, 0.3) is 0 Å². The van der Waals surface area contributed by atoms with E-state index < -0.39 is 8.07 Å². The van der Waals surface area contributed by atoms with Gasteiger partial charge in [-0.3, -0.25) is 0 Å². The molecule has 2 nitrogen and oxygen atoms in total. The van der Waals surface area contributed by atoms with Crippen LogP contribution in [0.4, 0.5) is 0 Å². The monoisotopic (exact) mass is 293 g/mol. The molecule has 0 aromatic heterocycles. The Morgan fingerprint density at radius 1 is 1.05 bits per heavy atom. The molecule has 1 aromatic carbocycles. The largest absolute Gasteiger partial charge is 0.380 e. The molecule has 0 fully saturated rings. The lowest BCUT2D eigenvalue weighted by Crippen LogP contribution is -2.37. The van der Waals surface area contributed by atoms with Gasteiger partial charge in [-0.1, -0.05) is 62.9 Å². The Hall–Kier alpha value is -0.643. The van der Waals surface area contributed by atoms with E-state index in [1.807, 2.05) is 0 Å². The van der Waals surface area contributed by atoms with E-state index in [0.717, 1.165) is 38.6 Å². The number of nitrogens with one attached hydrogen (secondary N) is 1. The highest BCUT2D eigenvalue weighted by molar-refractivity contribution is 6.88. The SMILES string of the molecule is CC(C)CCOCCNCc1ccc([Si](C)(C)C)cc1. The number of rotatable bonds is 9. The molecule has 0 heterocycles. The maximum absolute atomic E-state index is 5.59. The molecule has 0 aliphatic rings. The van der Waals surface area contributed by atoms with Gasteiger partial charge in [0.2, 0.25) is 0 Å². The summed E-state index contributed by atoms with van der Waals surface area (Å²) in [6.07, 6.45) is 1.15. The minimum Gasteiger partial charge on any atom is -0.380 e. The molecule has 0 atom stereocenters. The van der Waals surface area contributed by atoms with Gasteiger partial charge < -0.3 is 10.1 Å². The second kappa shape index (κ2) is 8.60. The maximum atomic E-state index is 5.59. The molecular weight excluding hydrogens is 262 g/mol. The Labute approximate surface area is 125 Å². The smallest absolute Gasteiger partial charge is 0.0775 e. The Kier molecular flexibility index (Phi) is 7.49. The van der Waals surface area contributed by atoms with Crippen molar-refractivity contribution in [2.75, 3.05) is 19.8 Å². The fourth-order valence-electron chi connectivity index (χ4n) is 1.92. The average molecular weight is 294 g/mol. The van der Waals surface area contributed by atoms with Crippen LogP contribution in [0.1, 0.15) is 25.8 Å². The fraction of sp³-hybridized carbons (Fsp3) is 0.647. The molecule has 0 unspecified atom stereocenters. The summed E-state index contributed by atoms with van der Waals surface area (Å²) in [5.74, 6) is 0.729. The van der Waals surface area contributed by atoms with E-state index in [1.54, 1.807) is 0 Å². The third-order valence-electron chi connectivity index (χ3n) is 3.41. The van der Waals surface area contributed by atoms with Crippen LogP contribution in [0.3, 0.4) is 0 Å². The van der Waals surface area contributed by atoms with Crippen molar-refractivity contribution in [2.45, 2.75) is 46.5 Å². The van der Waals surface area contributed by atoms with Crippen LogP contribution in [-0.4, -0.2) is 27.8 Å². The third kappa shape index (κ3) is 7.22. The van der Waals surface area contributed by atoms with Crippen LogP contribution in [0, 0.1) is 5.92 Å². The highest BCUT2D eigenvalue weighted by Crippen LogP contribution is 2.04. The van der Waals surface area contributed by atoms with E-state index in [1.165, 1.54) is 10.8 Å². The molecule has 20 heavy (non-hydrogen) atoms. The summed E-state index contributed by atoms with van der Waals surface area (Å²) >= 11 is 0. The molecule has 114 valence electrons. The Balaban J connectivity index is 2.16. The molecule has 3 heteroatoms. The number of hydrogen-bond donors (Lipinski definition) is 1. The summed E-state index contributed by atoms with van der Waals surface area (Å²) in [6, 6.07) is 9.09. The van der Waals surface area contributed by atoms with Crippen LogP contribution >= 0.6 is 0 Å². The Bertz CT molecular complexity index is 368. The van der Waals surface area contributed by atoms with Gasteiger partial charge in [-0.05, 0) is 17.9 Å². The Morgan fingerprint density at radius 3 is 2.25 bits per heavy atom. The predicted octanol–water partition coefficient (Wildman–Crippen LogP) is 3.38. The molecule has 0 saturated heterocycles. The van der Waals surface area contributed by atoms with E-state index in [-0.39, 0.29) is 0 Å². The average Bonchev–Trinajstić information content (AvgIpc) is 2.37. The third-order valence-corrected chi connectivity index (χ3v) is 5.48. The summed E-state index contributed by atoms with van der Waals surface area (Å²) < 4.78 is 5.59. The highest BCUT2D eigenvalue weighted by Gasteiger charge is 2.15. The topological polar surface area (TPSA) is 21.3 Å². The maximum Gasteiger partial charge on any atom is 0.0775 e. The van der Waals surface area contributed by atoms with Gasteiger partial charge in [0.1, 0.15) is 0 Å². The first-order valence-corrected chi connectivity index (χ1v) is 11.3. The lowest BCUT2D eigenvalue weighted by Gasteiger charge is -2.16. The standard InChI is InChI=1S/C17H31NOSi/c1-15(2)10-12-19-13-11-18-14-16-6-8-17(9-7-16)20(3,4)5/h6-9,15,18H,10-14H2,1-5H3. The quantitative estimate of drug-likeness (QED) is 0.557. The van der Waals surface area contributed by atoms with Gasteiger partial charge in [0.15, 0.2) is 0 Å². The molecule has 0 aliphatic carbocycles. The van der Waals surface area contributed by atoms with E-state index >= 15 is 0 Å². The van der Waals surface area contributed by atoms with E-state index in [9.17, 15) is 0 Å². The van der Waals surface area contributed by atoms with Crippen molar-refractivity contribution in [1.29, 1.82) is 0 Å². The molecule has 0 saturated carbocycles. The first-order valence-electron chi connectivity index (χ1n) is 7.77. The lowest BCUT2D eigenvalue weighted by atomic mass is 10.1. The number of hydrogen-bond acceptors (Lipinski definition) is 2. The highest BCUT2D eigenvalue weighted by atomic mass is 28.3. The van der Waals surface area contributed by atoms with Crippen molar-refractivity contribution in [3.63, 3.8) is 0 Å². The minimum absolute atomic E-state index is 0.729.